The molecule has 62 heavy (non-hydrogen) atoms. The third-order valence-electron chi connectivity index (χ3n) is 13.1. The smallest absolute Gasteiger partial charge is 0.330 e. The number of aliphatic hydroxyl groups excluding tert-OH is 10. The van der Waals surface area contributed by atoms with Gasteiger partial charge in [0.05, 0.1) is 54.9 Å². The van der Waals surface area contributed by atoms with E-state index in [0.717, 1.165) is 0 Å². The molecule has 6 rings (SSSR count). The molecule has 22 heteroatoms. The molecule has 3 aliphatic carbocycles. The van der Waals surface area contributed by atoms with Gasteiger partial charge in [-0.2, -0.15) is 0 Å². The van der Waals surface area contributed by atoms with Crippen molar-refractivity contribution < 1.29 is 108 Å². The average Bonchev–Trinajstić information content (AvgIpc) is 3.23. The number of esters is 2. The highest BCUT2D eigenvalue weighted by Gasteiger charge is 2.54. The van der Waals surface area contributed by atoms with Crippen LogP contribution in [0.5, 0.6) is 0 Å². The van der Waals surface area contributed by atoms with Crippen LogP contribution in [0.1, 0.15) is 64.2 Å². The molecule has 22 nitrogen and oxygen atoms in total. The highest BCUT2D eigenvalue weighted by atomic mass is 16.7. The van der Waals surface area contributed by atoms with Gasteiger partial charge in [-0.3, -0.25) is 9.59 Å². The molecule has 0 radical (unpaired) electrons. The molecule has 0 spiro atoms. The monoisotopic (exact) mass is 894 g/mol. The van der Waals surface area contributed by atoms with Gasteiger partial charge in [-0.25, -0.2) is 4.79 Å². The van der Waals surface area contributed by atoms with Gasteiger partial charge in [0.2, 0.25) is 0 Å². The molecule has 3 saturated carbocycles. The third-order valence-corrected chi connectivity index (χ3v) is 13.1. The largest absolute Gasteiger partial charge is 0.481 e. The minimum absolute atomic E-state index is 0.0370. The summed E-state index contributed by atoms with van der Waals surface area (Å²) in [6.07, 6.45) is -20.2. The first-order valence-electron chi connectivity index (χ1n) is 21.3. The van der Waals surface area contributed by atoms with E-state index in [2.05, 4.69) is 0 Å². The molecule has 6 aliphatic rings. The molecular weight excluding hydrogens is 832 g/mol. The van der Waals surface area contributed by atoms with Gasteiger partial charge in [0, 0.05) is 25.5 Å². The number of allylic oxidation sites excluding steroid dienone is 1. The summed E-state index contributed by atoms with van der Waals surface area (Å²) in [5.41, 5.74) is 0. The summed E-state index contributed by atoms with van der Waals surface area (Å²) in [5, 5.41) is 116. The second kappa shape index (κ2) is 21.7. The summed E-state index contributed by atoms with van der Waals surface area (Å²) in [4.78, 5) is 35.5. The first-order valence-corrected chi connectivity index (χ1v) is 21.3. The highest BCUT2D eigenvalue weighted by molar-refractivity contribution is 5.90. The summed E-state index contributed by atoms with van der Waals surface area (Å²) >= 11 is 0. The van der Waals surface area contributed by atoms with E-state index >= 15 is 0 Å². The second-order valence-electron chi connectivity index (χ2n) is 17.4. The summed E-state index contributed by atoms with van der Waals surface area (Å²) in [6, 6.07) is 0. The molecule has 0 bridgehead atoms. The van der Waals surface area contributed by atoms with Crippen molar-refractivity contribution in [2.45, 2.75) is 181 Å². The van der Waals surface area contributed by atoms with Gasteiger partial charge in [0.15, 0.2) is 12.6 Å². The molecule has 22 atom stereocenters. The van der Waals surface area contributed by atoms with Crippen molar-refractivity contribution in [1.29, 1.82) is 0 Å². The number of aliphatic hydroxyl groups is 10. The fourth-order valence-corrected chi connectivity index (χ4v) is 9.56. The fraction of sp³-hybridized carbons (Fsp3) is 0.875. The summed E-state index contributed by atoms with van der Waals surface area (Å²) in [6.45, 7) is -1.24. The van der Waals surface area contributed by atoms with Crippen LogP contribution in [0.2, 0.25) is 0 Å². The van der Waals surface area contributed by atoms with Crippen LogP contribution in [0.25, 0.3) is 0 Å². The Hall–Kier alpha value is -2.49. The van der Waals surface area contributed by atoms with Gasteiger partial charge in [-0.1, -0.05) is 6.08 Å². The van der Waals surface area contributed by atoms with Gasteiger partial charge in [0.1, 0.15) is 68.5 Å². The lowest BCUT2D eigenvalue weighted by Crippen LogP contribution is -2.63. The predicted octanol–water partition coefficient (Wildman–Crippen LogP) is -3.88. The van der Waals surface area contributed by atoms with Crippen molar-refractivity contribution >= 4 is 17.9 Å². The number of rotatable bonds is 14. The average molecular weight is 895 g/mol. The van der Waals surface area contributed by atoms with Crippen molar-refractivity contribution in [3.05, 3.63) is 12.2 Å². The number of aliphatic carboxylic acids is 1. The maximum Gasteiger partial charge on any atom is 0.330 e. The Balaban J connectivity index is 1.15. The van der Waals surface area contributed by atoms with Crippen LogP contribution in [0.4, 0.5) is 0 Å². The zero-order valence-electron chi connectivity index (χ0n) is 34.3. The van der Waals surface area contributed by atoms with Gasteiger partial charge in [-0.15, -0.1) is 0 Å². The molecular formula is C40H62O22. The summed E-state index contributed by atoms with van der Waals surface area (Å²) in [7, 11) is 1.50. The minimum atomic E-state index is -1.86. The van der Waals surface area contributed by atoms with Gasteiger partial charge >= 0.3 is 17.9 Å². The molecule has 0 aromatic carbocycles. The lowest BCUT2D eigenvalue weighted by atomic mass is 9.72. The number of ether oxygens (including phenoxy) is 8. The van der Waals surface area contributed by atoms with Crippen LogP contribution in [0, 0.1) is 17.8 Å². The maximum atomic E-state index is 12.7. The van der Waals surface area contributed by atoms with E-state index in [1.165, 1.54) is 13.2 Å². The number of hydrogen-bond acceptors (Lipinski definition) is 21. The van der Waals surface area contributed by atoms with Crippen LogP contribution in [0.15, 0.2) is 12.2 Å². The summed E-state index contributed by atoms with van der Waals surface area (Å²) in [5.74, 6) is -4.50. The highest BCUT2D eigenvalue weighted by Crippen LogP contribution is 2.45. The molecule has 22 unspecified atom stereocenters. The molecule has 3 heterocycles. The van der Waals surface area contributed by atoms with Crippen LogP contribution >= 0.6 is 0 Å². The van der Waals surface area contributed by atoms with Crippen molar-refractivity contribution in [3.8, 4) is 0 Å². The first-order chi connectivity index (χ1) is 29.4. The zero-order chi connectivity index (χ0) is 45.0. The summed E-state index contributed by atoms with van der Waals surface area (Å²) < 4.78 is 46.4. The van der Waals surface area contributed by atoms with Crippen molar-refractivity contribution in [1.82, 2.24) is 0 Å². The zero-order valence-corrected chi connectivity index (χ0v) is 34.3. The van der Waals surface area contributed by atoms with E-state index in [-0.39, 0.29) is 44.1 Å². The lowest BCUT2D eigenvalue weighted by Gasteiger charge is -2.52. The van der Waals surface area contributed by atoms with Gasteiger partial charge in [0.25, 0.3) is 0 Å². The Labute approximate surface area is 356 Å². The van der Waals surface area contributed by atoms with Gasteiger partial charge < -0.3 is 94.1 Å². The van der Waals surface area contributed by atoms with Crippen LogP contribution < -0.4 is 0 Å². The van der Waals surface area contributed by atoms with E-state index in [9.17, 15) is 65.4 Å². The second-order valence-corrected chi connectivity index (χ2v) is 17.4. The van der Waals surface area contributed by atoms with Crippen molar-refractivity contribution in [2.24, 2.45) is 17.8 Å². The Morgan fingerprint density at radius 3 is 1.84 bits per heavy atom. The van der Waals surface area contributed by atoms with E-state index in [4.69, 9.17) is 43.0 Å². The molecule has 0 aromatic heterocycles. The number of fused-ring (bicyclic) bond motifs is 1. The lowest BCUT2D eigenvalue weighted by molar-refractivity contribution is -0.344. The molecule has 354 valence electrons. The van der Waals surface area contributed by atoms with Crippen LogP contribution in [0.3, 0.4) is 0 Å². The fourth-order valence-electron chi connectivity index (χ4n) is 9.56. The third kappa shape index (κ3) is 11.8. The Morgan fingerprint density at radius 1 is 0.613 bits per heavy atom. The Morgan fingerprint density at radius 2 is 1.23 bits per heavy atom. The minimum Gasteiger partial charge on any atom is -0.481 e. The predicted molar refractivity (Wildman–Crippen MR) is 202 cm³/mol. The van der Waals surface area contributed by atoms with E-state index in [0.29, 0.717) is 25.7 Å². The topological polar surface area (TPSA) is 348 Å². The molecule has 3 saturated heterocycles. The van der Waals surface area contributed by atoms with Crippen molar-refractivity contribution in [2.75, 3.05) is 20.3 Å². The number of methoxy groups -OCH3 is 1. The number of carbonyl (C=O) groups excluding carboxylic acids is 2. The van der Waals surface area contributed by atoms with Crippen LogP contribution in [-0.2, 0) is 52.3 Å². The van der Waals surface area contributed by atoms with E-state index in [1.54, 1.807) is 6.08 Å². The molecule has 3 aliphatic heterocycles. The molecule has 6 fully saturated rings. The number of carboxylic acid groups (broad SMARTS) is 1. The Bertz CT molecular complexity index is 1520. The Kier molecular flexibility index (Phi) is 17.1. The molecule has 11 N–H and O–H groups in total. The molecule has 0 amide bonds. The van der Waals surface area contributed by atoms with Gasteiger partial charge in [-0.05, 0) is 63.2 Å². The number of carbonyl (C=O) groups is 3. The quantitative estimate of drug-likeness (QED) is 0.0451. The normalized spacial score (nSPS) is 46.4. The van der Waals surface area contributed by atoms with E-state index in [1.807, 2.05) is 0 Å². The van der Waals surface area contributed by atoms with E-state index < -0.39 is 160 Å². The maximum absolute atomic E-state index is 12.7. The van der Waals surface area contributed by atoms with Crippen LogP contribution in [-0.4, -0.2) is 211 Å². The van der Waals surface area contributed by atoms with Crippen molar-refractivity contribution in [3.63, 3.8) is 0 Å². The SMILES string of the molecule is COC1CC(C=CC(=O)OCC2OC(OC3CC4C(OC5OC(COC(=O)CC(=O)O)C(O)C(O)C5O)CC(O)CC4OC3C3CCC(O)C(O)C3)C(O)C(O)C2O)CCC1O. The number of carboxylic acids is 1. The first kappa shape index (κ1) is 49.0. The standard InChI is InChI=1S/C40H62O22/c1-55-25-8-16(2-5-21(25)43)3-7-30(47)56-14-27-32(49)35(52)37(54)40(62-27)60-26-12-19-23(58-38(26)17-4-6-20(42)22(44)9-17)10-18(41)11-24(19)59-39-36(53)34(51)33(50)28(61-39)15-57-31(48)13-29(45)46/h3,7,16-28,32-44,49-54H,2,4-6,8-15H2,1H3,(H,45,46). The molecule has 0 aromatic rings. The number of hydrogen-bond donors (Lipinski definition) is 11.